The number of imidazole rings is 1. The van der Waals surface area contributed by atoms with Crippen molar-refractivity contribution in [3.8, 4) is 5.69 Å². The average Bonchev–Trinajstić information content (AvgIpc) is 3.16. The number of aryl methyl sites for hydroxylation is 1. The predicted molar refractivity (Wildman–Crippen MR) is 80.1 cm³/mol. The Morgan fingerprint density at radius 2 is 2.10 bits per heavy atom. The van der Waals surface area contributed by atoms with E-state index in [0.29, 0.717) is 0 Å². The number of hydrogen-bond donors (Lipinski definition) is 1. The van der Waals surface area contributed by atoms with E-state index in [1.807, 2.05) is 24.6 Å². The van der Waals surface area contributed by atoms with Crippen LogP contribution < -0.4 is 5.32 Å². The molecule has 1 aromatic carbocycles. The highest BCUT2D eigenvalue weighted by Gasteiger charge is 2.10. The summed E-state index contributed by atoms with van der Waals surface area (Å²) in [6, 6.07) is 8.47. The van der Waals surface area contributed by atoms with Gasteiger partial charge in [-0.25, -0.2) is 9.97 Å². The van der Waals surface area contributed by atoms with Crippen LogP contribution in [0, 0.1) is 6.92 Å². The fourth-order valence-electron chi connectivity index (χ4n) is 2.13. The molecule has 0 fully saturated rings. The van der Waals surface area contributed by atoms with Gasteiger partial charge in [-0.2, -0.15) is 0 Å². The van der Waals surface area contributed by atoms with Crippen molar-refractivity contribution in [1.82, 2.24) is 19.9 Å². The lowest BCUT2D eigenvalue weighted by Gasteiger charge is -2.11. The van der Waals surface area contributed by atoms with Gasteiger partial charge in [-0.15, -0.1) is 0 Å². The maximum absolute atomic E-state index is 5.52. The number of hydrogen-bond acceptors (Lipinski definition) is 4. The summed E-state index contributed by atoms with van der Waals surface area (Å²) in [7, 11) is 0. The smallest absolute Gasteiger partial charge is 0.211 e. The summed E-state index contributed by atoms with van der Waals surface area (Å²) in [6.07, 6.45) is 7.24. The van der Waals surface area contributed by atoms with E-state index in [0.717, 1.165) is 23.9 Å². The zero-order valence-electron chi connectivity index (χ0n) is 12.2. The van der Waals surface area contributed by atoms with Crippen LogP contribution in [-0.4, -0.2) is 14.5 Å². The summed E-state index contributed by atoms with van der Waals surface area (Å²) in [4.78, 5) is 8.29. The van der Waals surface area contributed by atoms with Crippen LogP contribution in [0.2, 0.25) is 0 Å². The Bertz CT molecular complexity index is 685. The summed E-state index contributed by atoms with van der Waals surface area (Å²) in [5.41, 5.74) is 2.32. The molecule has 0 spiro atoms. The highest BCUT2D eigenvalue weighted by Crippen LogP contribution is 2.14. The summed E-state index contributed by atoms with van der Waals surface area (Å²) < 4.78 is 7.50. The van der Waals surface area contributed by atoms with Gasteiger partial charge in [-0.1, -0.05) is 12.1 Å². The minimum absolute atomic E-state index is 0.0898. The monoisotopic (exact) mass is 282 g/mol. The molecular weight excluding hydrogens is 264 g/mol. The molecule has 0 radical (unpaired) electrons. The largest absolute Gasteiger partial charge is 0.444 e. The number of nitrogens with zero attached hydrogens (tertiary/aromatic N) is 3. The van der Waals surface area contributed by atoms with Gasteiger partial charge in [0.15, 0.2) is 0 Å². The first kappa shape index (κ1) is 13.6. The molecule has 3 aromatic rings. The standard InChI is InChI=1S/C16H18N4O/c1-12-9-19-16(21-12)13(2)18-10-14-3-5-15(6-4-14)20-8-7-17-11-20/h3-9,11,13,18H,10H2,1-2H3. The van der Waals surface area contributed by atoms with Gasteiger partial charge in [-0.3, -0.25) is 0 Å². The summed E-state index contributed by atoms with van der Waals surface area (Å²) in [6.45, 7) is 4.72. The lowest BCUT2D eigenvalue weighted by molar-refractivity contribution is 0.402. The van der Waals surface area contributed by atoms with E-state index in [2.05, 4.69) is 39.6 Å². The Labute approximate surface area is 123 Å². The van der Waals surface area contributed by atoms with Gasteiger partial charge in [0.25, 0.3) is 0 Å². The van der Waals surface area contributed by atoms with E-state index >= 15 is 0 Å². The van der Waals surface area contributed by atoms with Gasteiger partial charge in [-0.05, 0) is 31.5 Å². The first-order valence-corrected chi connectivity index (χ1v) is 6.95. The quantitative estimate of drug-likeness (QED) is 0.781. The van der Waals surface area contributed by atoms with Gasteiger partial charge >= 0.3 is 0 Å². The Morgan fingerprint density at radius 3 is 2.71 bits per heavy atom. The minimum Gasteiger partial charge on any atom is -0.444 e. The van der Waals surface area contributed by atoms with Crippen molar-refractivity contribution < 1.29 is 4.42 Å². The molecule has 5 nitrogen and oxygen atoms in total. The molecule has 2 aromatic heterocycles. The molecule has 1 atom stereocenters. The molecule has 3 rings (SSSR count). The van der Waals surface area contributed by atoms with E-state index in [4.69, 9.17) is 4.42 Å². The third-order valence-electron chi connectivity index (χ3n) is 3.36. The fourth-order valence-corrected chi connectivity index (χ4v) is 2.13. The fraction of sp³-hybridized carbons (Fsp3) is 0.250. The molecule has 1 unspecified atom stereocenters. The van der Waals surface area contributed by atoms with Crippen molar-refractivity contribution in [2.24, 2.45) is 0 Å². The number of oxazole rings is 1. The van der Waals surface area contributed by atoms with Crippen molar-refractivity contribution >= 4 is 0 Å². The third-order valence-corrected chi connectivity index (χ3v) is 3.36. The Hall–Kier alpha value is -2.40. The molecule has 0 aliphatic carbocycles. The van der Waals surface area contributed by atoms with Crippen molar-refractivity contribution in [2.75, 3.05) is 0 Å². The van der Waals surface area contributed by atoms with Crippen molar-refractivity contribution in [3.63, 3.8) is 0 Å². The first-order chi connectivity index (χ1) is 10.2. The molecule has 1 N–H and O–H groups in total. The molecule has 108 valence electrons. The van der Waals surface area contributed by atoms with Crippen molar-refractivity contribution in [1.29, 1.82) is 0 Å². The van der Waals surface area contributed by atoms with Crippen LogP contribution >= 0.6 is 0 Å². The number of aromatic nitrogens is 3. The first-order valence-electron chi connectivity index (χ1n) is 6.95. The van der Waals surface area contributed by atoms with Gasteiger partial charge in [0.2, 0.25) is 5.89 Å². The molecule has 0 bridgehead atoms. The van der Waals surface area contributed by atoms with Crippen molar-refractivity contribution in [3.05, 3.63) is 66.4 Å². The zero-order valence-corrected chi connectivity index (χ0v) is 12.2. The molecular formula is C16H18N4O. The number of benzene rings is 1. The lowest BCUT2D eigenvalue weighted by Crippen LogP contribution is -2.18. The van der Waals surface area contributed by atoms with Crippen molar-refractivity contribution in [2.45, 2.75) is 26.4 Å². The SMILES string of the molecule is Cc1cnc(C(C)NCc2ccc(-n3ccnc3)cc2)o1. The maximum Gasteiger partial charge on any atom is 0.211 e. The molecule has 21 heavy (non-hydrogen) atoms. The van der Waals surface area contributed by atoms with Gasteiger partial charge in [0.1, 0.15) is 5.76 Å². The molecule has 2 heterocycles. The zero-order chi connectivity index (χ0) is 14.7. The van der Waals surface area contributed by atoms with Crippen LogP contribution in [0.15, 0.2) is 53.6 Å². The van der Waals surface area contributed by atoms with Gasteiger partial charge < -0.3 is 14.3 Å². The second kappa shape index (κ2) is 5.93. The van der Waals surface area contributed by atoms with Crippen LogP contribution in [0.25, 0.3) is 5.69 Å². The van der Waals surface area contributed by atoms with Gasteiger partial charge in [0, 0.05) is 24.6 Å². The lowest BCUT2D eigenvalue weighted by atomic mass is 10.2. The van der Waals surface area contributed by atoms with Gasteiger partial charge in [0.05, 0.1) is 18.6 Å². The minimum atomic E-state index is 0.0898. The van der Waals surface area contributed by atoms with E-state index < -0.39 is 0 Å². The Kier molecular flexibility index (Phi) is 3.83. The van der Waals surface area contributed by atoms with E-state index in [-0.39, 0.29) is 6.04 Å². The van der Waals surface area contributed by atoms with Crippen LogP contribution in [0.5, 0.6) is 0 Å². The second-order valence-electron chi connectivity index (χ2n) is 5.05. The maximum atomic E-state index is 5.52. The summed E-state index contributed by atoms with van der Waals surface area (Å²) in [5, 5.41) is 3.41. The van der Waals surface area contributed by atoms with E-state index in [1.54, 1.807) is 18.7 Å². The third kappa shape index (κ3) is 3.20. The van der Waals surface area contributed by atoms with Crippen LogP contribution in [-0.2, 0) is 6.54 Å². The van der Waals surface area contributed by atoms with E-state index in [1.165, 1.54) is 5.56 Å². The van der Waals surface area contributed by atoms with Crippen LogP contribution in [0.3, 0.4) is 0 Å². The number of rotatable bonds is 5. The molecule has 0 aliphatic heterocycles. The average molecular weight is 282 g/mol. The van der Waals surface area contributed by atoms with Crippen LogP contribution in [0.4, 0.5) is 0 Å². The van der Waals surface area contributed by atoms with Crippen LogP contribution in [0.1, 0.15) is 30.2 Å². The molecule has 0 saturated carbocycles. The molecule has 0 amide bonds. The Balaban J connectivity index is 1.61. The molecule has 0 saturated heterocycles. The predicted octanol–water partition coefficient (Wildman–Crippen LogP) is 3.02. The summed E-state index contributed by atoms with van der Waals surface area (Å²) >= 11 is 0. The molecule has 5 heteroatoms. The highest BCUT2D eigenvalue weighted by molar-refractivity contribution is 5.34. The molecule has 0 aliphatic rings. The number of nitrogens with one attached hydrogen (secondary N) is 1. The topological polar surface area (TPSA) is 55.9 Å². The van der Waals surface area contributed by atoms with E-state index in [9.17, 15) is 0 Å². The highest BCUT2D eigenvalue weighted by atomic mass is 16.4. The Morgan fingerprint density at radius 1 is 1.29 bits per heavy atom. The summed E-state index contributed by atoms with van der Waals surface area (Å²) in [5.74, 6) is 1.56. The normalized spacial score (nSPS) is 12.5. The second-order valence-corrected chi connectivity index (χ2v) is 5.05.